The lowest BCUT2D eigenvalue weighted by Crippen LogP contribution is -2.38. The van der Waals surface area contributed by atoms with Crippen LogP contribution in [0.3, 0.4) is 0 Å². The Hall–Kier alpha value is -2.89. The monoisotopic (exact) mass is 412 g/mol. The van der Waals surface area contributed by atoms with Gasteiger partial charge < -0.3 is 14.5 Å². The van der Waals surface area contributed by atoms with Gasteiger partial charge in [-0.25, -0.2) is 4.39 Å². The Kier molecular flexibility index (Phi) is 6.75. The number of ether oxygens (including phenoxy) is 1. The van der Waals surface area contributed by atoms with Crippen LogP contribution >= 0.6 is 0 Å². The Morgan fingerprint density at radius 3 is 2.63 bits per heavy atom. The number of methoxy groups -OCH3 is 1. The van der Waals surface area contributed by atoms with Gasteiger partial charge in [0.1, 0.15) is 11.6 Å². The van der Waals surface area contributed by atoms with Crippen molar-refractivity contribution in [2.45, 2.75) is 46.3 Å². The molecule has 0 saturated carbocycles. The molecular weight excluding hydrogens is 383 g/mol. The van der Waals surface area contributed by atoms with E-state index in [1.54, 1.807) is 19.2 Å². The van der Waals surface area contributed by atoms with Gasteiger partial charge >= 0.3 is 0 Å². The number of nitrogens with zero attached hydrogens (tertiary/aromatic N) is 2. The molecule has 0 bridgehead atoms. The Morgan fingerprint density at radius 2 is 1.97 bits per heavy atom. The van der Waals surface area contributed by atoms with E-state index in [1.165, 1.54) is 12.1 Å². The third-order valence-electron chi connectivity index (χ3n) is 4.88. The van der Waals surface area contributed by atoms with Crippen LogP contribution < -0.4 is 4.74 Å². The van der Waals surface area contributed by atoms with E-state index in [9.17, 15) is 9.18 Å². The van der Waals surface area contributed by atoms with E-state index in [0.29, 0.717) is 25.9 Å². The maximum atomic E-state index is 13.2. The van der Waals surface area contributed by atoms with E-state index in [-0.39, 0.29) is 23.2 Å². The summed E-state index contributed by atoms with van der Waals surface area (Å²) < 4.78 is 18.5. The van der Waals surface area contributed by atoms with Gasteiger partial charge in [0.25, 0.3) is 0 Å². The first kappa shape index (κ1) is 21.8. The summed E-state index contributed by atoms with van der Waals surface area (Å²) in [7, 11) is 1.63. The molecule has 160 valence electrons. The Labute approximate surface area is 177 Å². The lowest BCUT2D eigenvalue weighted by molar-refractivity contribution is -0.135. The summed E-state index contributed by atoms with van der Waals surface area (Å²) in [5.74, 6) is 0.547. The Bertz CT molecular complexity index is 903. The predicted octanol–water partition coefficient (Wildman–Crippen LogP) is 4.79. The van der Waals surface area contributed by atoms with Gasteiger partial charge in [0.05, 0.1) is 19.4 Å². The Balaban J connectivity index is 1.70. The van der Waals surface area contributed by atoms with E-state index >= 15 is 0 Å². The zero-order valence-electron chi connectivity index (χ0n) is 18.0. The molecule has 1 aliphatic heterocycles. The average Bonchev–Trinajstić information content (AvgIpc) is 3.15. The van der Waals surface area contributed by atoms with Crippen LogP contribution in [-0.4, -0.2) is 36.3 Å². The van der Waals surface area contributed by atoms with Crippen molar-refractivity contribution in [3.8, 4) is 5.75 Å². The van der Waals surface area contributed by atoms with Crippen molar-refractivity contribution in [3.05, 3.63) is 65.5 Å². The number of amides is 1. The lowest BCUT2D eigenvalue weighted by atomic mass is 9.91. The fourth-order valence-electron chi connectivity index (χ4n) is 3.40. The molecule has 30 heavy (non-hydrogen) atoms. The van der Waals surface area contributed by atoms with Crippen LogP contribution in [0.2, 0.25) is 0 Å². The summed E-state index contributed by atoms with van der Waals surface area (Å²) in [6.07, 6.45) is 0.776. The molecule has 2 aromatic rings. The smallest absolute Gasteiger partial charge is 0.223 e. The first-order valence-electron chi connectivity index (χ1n) is 10.1. The number of hydrogen-bond acceptors (Lipinski definition) is 4. The van der Waals surface area contributed by atoms with Crippen molar-refractivity contribution >= 4 is 11.6 Å². The number of carbonyl (C=O) groups excluding carboxylic acids is 1. The minimum absolute atomic E-state index is 0.0733. The van der Waals surface area contributed by atoms with E-state index in [4.69, 9.17) is 9.57 Å². The van der Waals surface area contributed by atoms with Crippen LogP contribution in [0.15, 0.2) is 53.7 Å². The highest BCUT2D eigenvalue weighted by Gasteiger charge is 2.28. The van der Waals surface area contributed by atoms with Crippen molar-refractivity contribution in [2.24, 2.45) is 10.6 Å². The number of rotatable bonds is 7. The van der Waals surface area contributed by atoms with Crippen LogP contribution in [0.25, 0.3) is 0 Å². The topological polar surface area (TPSA) is 51.1 Å². The fraction of sp³-hybridized carbons (Fsp3) is 0.417. The highest BCUT2D eigenvalue weighted by Crippen LogP contribution is 2.24. The van der Waals surface area contributed by atoms with Gasteiger partial charge in [-0.2, -0.15) is 0 Å². The molecule has 0 fully saturated rings. The molecule has 0 aliphatic carbocycles. The number of oxime groups is 1. The molecule has 0 N–H and O–H groups in total. The predicted molar refractivity (Wildman–Crippen MR) is 115 cm³/mol. The molecule has 1 aliphatic rings. The fourth-order valence-corrected chi connectivity index (χ4v) is 3.40. The van der Waals surface area contributed by atoms with Crippen molar-refractivity contribution in [3.63, 3.8) is 0 Å². The second-order valence-corrected chi connectivity index (χ2v) is 8.84. The number of hydrogen-bond donors (Lipinski definition) is 0. The summed E-state index contributed by atoms with van der Waals surface area (Å²) in [4.78, 5) is 20.5. The highest BCUT2D eigenvalue weighted by molar-refractivity contribution is 6.01. The zero-order valence-corrected chi connectivity index (χ0v) is 18.0. The van der Waals surface area contributed by atoms with Crippen LogP contribution in [0.1, 0.15) is 44.7 Å². The maximum Gasteiger partial charge on any atom is 0.223 e. The van der Waals surface area contributed by atoms with Crippen LogP contribution in [0.5, 0.6) is 5.75 Å². The molecular formula is C24H29FN2O3. The minimum atomic E-state index is -0.285. The molecule has 0 unspecified atom stereocenters. The number of halogens is 1. The number of carbonyl (C=O) groups is 1. The molecule has 5 nitrogen and oxygen atoms in total. The van der Waals surface area contributed by atoms with Gasteiger partial charge in [-0.3, -0.25) is 4.79 Å². The molecule has 1 atom stereocenters. The van der Waals surface area contributed by atoms with Crippen molar-refractivity contribution in [1.29, 1.82) is 0 Å². The highest BCUT2D eigenvalue weighted by atomic mass is 19.1. The van der Waals surface area contributed by atoms with E-state index in [1.807, 2.05) is 29.2 Å². The normalized spacial score (nSPS) is 16.0. The largest absolute Gasteiger partial charge is 0.497 e. The number of benzene rings is 2. The molecule has 0 radical (unpaired) electrons. The van der Waals surface area contributed by atoms with Crippen molar-refractivity contribution in [2.75, 3.05) is 13.7 Å². The lowest BCUT2D eigenvalue weighted by Gasteiger charge is -2.28. The van der Waals surface area contributed by atoms with Crippen LogP contribution in [-0.2, 0) is 16.2 Å². The first-order valence-corrected chi connectivity index (χ1v) is 10.1. The summed E-state index contributed by atoms with van der Waals surface area (Å²) >= 11 is 0. The standard InChI is InChI=1S/C24H29FN2O3/c1-24(2,3)14-23(28)27(15-17-6-5-7-20(12-17)29-4)16-21-13-22(26-30-21)18-8-10-19(25)11-9-18/h5-12,21H,13-16H2,1-4H3/t21-/m0/s1. The molecule has 1 amide bonds. The molecule has 6 heteroatoms. The molecule has 1 heterocycles. The van der Waals surface area contributed by atoms with Crippen molar-refractivity contribution < 1.29 is 18.8 Å². The second kappa shape index (κ2) is 9.28. The van der Waals surface area contributed by atoms with Crippen LogP contribution in [0, 0.1) is 11.2 Å². The maximum absolute atomic E-state index is 13.2. The average molecular weight is 413 g/mol. The van der Waals surface area contributed by atoms with Gasteiger partial charge in [0.2, 0.25) is 5.91 Å². The van der Waals surface area contributed by atoms with Crippen LogP contribution in [0.4, 0.5) is 4.39 Å². The molecule has 0 aromatic heterocycles. The summed E-state index contributed by atoms with van der Waals surface area (Å²) in [5, 5.41) is 4.17. The summed E-state index contributed by atoms with van der Waals surface area (Å²) in [5.41, 5.74) is 2.48. The van der Waals surface area contributed by atoms with Gasteiger partial charge in [-0.05, 0) is 40.8 Å². The third-order valence-corrected chi connectivity index (χ3v) is 4.88. The van der Waals surface area contributed by atoms with Gasteiger partial charge in [-0.1, -0.05) is 50.2 Å². The SMILES string of the molecule is COc1cccc(CN(C[C@@H]2CC(c3ccc(F)cc3)=NO2)C(=O)CC(C)(C)C)c1. The first-order chi connectivity index (χ1) is 14.2. The molecule has 3 rings (SSSR count). The Morgan fingerprint density at radius 1 is 1.23 bits per heavy atom. The van der Waals surface area contributed by atoms with Gasteiger partial charge in [0, 0.05) is 19.4 Å². The van der Waals surface area contributed by atoms with E-state index < -0.39 is 0 Å². The molecule has 0 spiro atoms. The zero-order chi connectivity index (χ0) is 21.7. The summed E-state index contributed by atoms with van der Waals surface area (Å²) in [6.45, 7) is 7.06. The van der Waals surface area contributed by atoms with Gasteiger partial charge in [0.15, 0.2) is 6.10 Å². The van der Waals surface area contributed by atoms with Gasteiger partial charge in [-0.15, -0.1) is 0 Å². The van der Waals surface area contributed by atoms with E-state index in [0.717, 1.165) is 22.6 Å². The quantitative estimate of drug-likeness (QED) is 0.657. The summed E-state index contributed by atoms with van der Waals surface area (Å²) in [6, 6.07) is 13.9. The van der Waals surface area contributed by atoms with E-state index in [2.05, 4.69) is 25.9 Å². The van der Waals surface area contributed by atoms with Crippen molar-refractivity contribution in [1.82, 2.24) is 4.90 Å². The second-order valence-electron chi connectivity index (χ2n) is 8.84. The third kappa shape index (κ3) is 6.05. The molecule has 2 aromatic carbocycles. The molecule has 0 saturated heterocycles. The minimum Gasteiger partial charge on any atom is -0.497 e.